The first-order valence-corrected chi connectivity index (χ1v) is 11.7. The first-order chi connectivity index (χ1) is 13.8. The third kappa shape index (κ3) is 9.51. The highest BCUT2D eigenvalue weighted by Crippen LogP contribution is 2.13. The lowest BCUT2D eigenvalue weighted by atomic mass is 10.2. The summed E-state index contributed by atoms with van der Waals surface area (Å²) in [5.74, 6) is 1.76. The Balaban J connectivity index is 1.74. The lowest BCUT2D eigenvalue weighted by Gasteiger charge is -2.05. The molecule has 0 amide bonds. The van der Waals surface area contributed by atoms with Gasteiger partial charge in [0, 0.05) is 10.7 Å². The van der Waals surface area contributed by atoms with Crippen molar-refractivity contribution < 1.29 is 9.47 Å². The maximum Gasteiger partial charge on any atom is 0.119 e. The molecule has 0 bridgehead atoms. The van der Waals surface area contributed by atoms with E-state index in [1.54, 1.807) is 12.4 Å². The van der Waals surface area contributed by atoms with E-state index in [1.165, 1.54) is 0 Å². The highest BCUT2D eigenvalue weighted by Gasteiger charge is 1.95. The number of nitrogens with zero attached hydrogens (tertiary/aromatic N) is 2. The average Bonchev–Trinajstić information content (AvgIpc) is 2.74. The molecule has 0 saturated heterocycles. The molecule has 0 unspecified atom stereocenters. The van der Waals surface area contributed by atoms with Gasteiger partial charge < -0.3 is 9.47 Å². The largest absolute Gasteiger partial charge is 0.494 e. The molecule has 0 N–H and O–H groups in total. The van der Waals surface area contributed by atoms with Crippen LogP contribution in [-0.4, -0.2) is 36.3 Å². The van der Waals surface area contributed by atoms with Crippen molar-refractivity contribution in [1.29, 1.82) is 0 Å². The first kappa shape index (κ1) is 22.6. The normalized spacial score (nSPS) is 11.4. The summed E-state index contributed by atoms with van der Waals surface area (Å²) in [6.07, 6.45) is 7.80. The van der Waals surface area contributed by atoms with Gasteiger partial charge in [0.1, 0.15) is 11.5 Å². The molecular formula is C22H26Br2N2O2. The Bertz CT molecular complexity index is 653. The average molecular weight is 510 g/mol. The molecule has 150 valence electrons. The predicted molar refractivity (Wildman–Crippen MR) is 125 cm³/mol. The minimum Gasteiger partial charge on any atom is -0.494 e. The molecule has 0 aromatic heterocycles. The predicted octanol–water partition coefficient (Wildman–Crippen LogP) is 6.25. The Morgan fingerprint density at radius 1 is 0.607 bits per heavy atom. The molecule has 0 aliphatic carbocycles. The fourth-order valence-electron chi connectivity index (χ4n) is 2.27. The molecule has 2 aromatic rings. The van der Waals surface area contributed by atoms with E-state index in [2.05, 4.69) is 42.1 Å². The highest BCUT2D eigenvalue weighted by atomic mass is 79.9. The number of hydrogen-bond donors (Lipinski definition) is 0. The van der Waals surface area contributed by atoms with Crippen molar-refractivity contribution in [2.75, 3.05) is 23.9 Å². The van der Waals surface area contributed by atoms with Gasteiger partial charge in [0.25, 0.3) is 0 Å². The van der Waals surface area contributed by atoms with Gasteiger partial charge in [-0.2, -0.15) is 10.2 Å². The standard InChI is InChI=1S/C22H26Br2N2O2/c23-13-1-3-15-27-21-9-5-19(6-10-21)17-25-26-18-20-7-11-22(12-8-20)28-16-4-2-14-24/h5-12,17-18H,1-4,13-16H2/b25-17+,26-18?. The molecule has 6 heteroatoms. The maximum atomic E-state index is 5.69. The molecule has 4 nitrogen and oxygen atoms in total. The summed E-state index contributed by atoms with van der Waals surface area (Å²) in [7, 11) is 0. The minimum atomic E-state index is 0.740. The van der Waals surface area contributed by atoms with Crippen LogP contribution in [0.2, 0.25) is 0 Å². The zero-order valence-electron chi connectivity index (χ0n) is 15.9. The molecule has 0 spiro atoms. The fourth-order valence-corrected chi connectivity index (χ4v) is 3.07. The van der Waals surface area contributed by atoms with Gasteiger partial charge in [-0.15, -0.1) is 0 Å². The van der Waals surface area contributed by atoms with E-state index in [1.807, 2.05) is 48.5 Å². The second-order valence-electron chi connectivity index (χ2n) is 6.12. The van der Waals surface area contributed by atoms with Gasteiger partial charge in [-0.25, -0.2) is 0 Å². The van der Waals surface area contributed by atoms with Crippen molar-refractivity contribution in [3.63, 3.8) is 0 Å². The van der Waals surface area contributed by atoms with Crippen molar-refractivity contribution in [3.8, 4) is 11.5 Å². The fraction of sp³-hybridized carbons (Fsp3) is 0.364. The molecule has 0 radical (unpaired) electrons. The summed E-state index contributed by atoms with van der Waals surface area (Å²) in [5, 5.41) is 10.2. The van der Waals surface area contributed by atoms with Crippen LogP contribution in [0.1, 0.15) is 36.8 Å². The lowest BCUT2D eigenvalue weighted by Crippen LogP contribution is -1.97. The van der Waals surface area contributed by atoms with Crippen LogP contribution in [0.15, 0.2) is 58.7 Å². The summed E-state index contributed by atoms with van der Waals surface area (Å²) in [6, 6.07) is 15.7. The summed E-state index contributed by atoms with van der Waals surface area (Å²) in [4.78, 5) is 0. The van der Waals surface area contributed by atoms with Gasteiger partial charge in [0.15, 0.2) is 0 Å². The molecule has 0 aliphatic rings. The molecule has 28 heavy (non-hydrogen) atoms. The first-order valence-electron chi connectivity index (χ1n) is 9.46. The van der Waals surface area contributed by atoms with Crippen LogP contribution >= 0.6 is 31.9 Å². The molecule has 2 rings (SSSR count). The summed E-state index contributed by atoms with van der Waals surface area (Å²) >= 11 is 6.84. The van der Waals surface area contributed by atoms with Crippen LogP contribution < -0.4 is 9.47 Å². The minimum absolute atomic E-state index is 0.740. The number of alkyl halides is 2. The summed E-state index contributed by atoms with van der Waals surface area (Å²) in [5.41, 5.74) is 1.97. The van der Waals surface area contributed by atoms with Crippen molar-refractivity contribution in [3.05, 3.63) is 59.7 Å². The van der Waals surface area contributed by atoms with E-state index in [9.17, 15) is 0 Å². The molecule has 0 heterocycles. The molecular weight excluding hydrogens is 484 g/mol. The summed E-state index contributed by atoms with van der Waals surface area (Å²) in [6.45, 7) is 1.48. The Labute approximate surface area is 184 Å². The lowest BCUT2D eigenvalue weighted by molar-refractivity contribution is 0.310. The van der Waals surface area contributed by atoms with Crippen molar-refractivity contribution in [1.82, 2.24) is 0 Å². The Morgan fingerprint density at radius 3 is 1.36 bits per heavy atom. The second-order valence-corrected chi connectivity index (χ2v) is 7.70. The molecule has 0 fully saturated rings. The number of unbranched alkanes of at least 4 members (excludes halogenated alkanes) is 2. The SMILES string of the molecule is BrCCCCOc1ccc(C=N/N=C/c2ccc(OCCCCBr)cc2)cc1. The van der Waals surface area contributed by atoms with E-state index in [0.29, 0.717) is 0 Å². The maximum absolute atomic E-state index is 5.69. The van der Waals surface area contributed by atoms with Crippen LogP contribution in [0, 0.1) is 0 Å². The van der Waals surface area contributed by atoms with Gasteiger partial charge >= 0.3 is 0 Å². The smallest absolute Gasteiger partial charge is 0.119 e. The molecule has 0 aliphatic heterocycles. The van der Waals surface area contributed by atoms with E-state index in [4.69, 9.17) is 9.47 Å². The van der Waals surface area contributed by atoms with E-state index in [0.717, 1.165) is 72.2 Å². The number of hydrogen-bond acceptors (Lipinski definition) is 4. The van der Waals surface area contributed by atoms with Gasteiger partial charge in [-0.05, 0) is 85.3 Å². The topological polar surface area (TPSA) is 43.2 Å². The van der Waals surface area contributed by atoms with Gasteiger partial charge in [-0.1, -0.05) is 31.9 Å². The van der Waals surface area contributed by atoms with E-state index >= 15 is 0 Å². The van der Waals surface area contributed by atoms with Crippen LogP contribution in [0.4, 0.5) is 0 Å². The summed E-state index contributed by atoms with van der Waals surface area (Å²) < 4.78 is 11.4. The molecule has 0 atom stereocenters. The quantitative estimate of drug-likeness (QED) is 0.139. The zero-order valence-corrected chi connectivity index (χ0v) is 19.1. The third-order valence-electron chi connectivity index (χ3n) is 3.83. The molecule has 0 saturated carbocycles. The van der Waals surface area contributed by atoms with Crippen LogP contribution in [0.5, 0.6) is 11.5 Å². The van der Waals surface area contributed by atoms with E-state index < -0.39 is 0 Å². The van der Waals surface area contributed by atoms with Crippen LogP contribution in [-0.2, 0) is 0 Å². The number of ether oxygens (including phenoxy) is 2. The number of rotatable bonds is 13. The van der Waals surface area contributed by atoms with Gasteiger partial charge in [0.05, 0.1) is 25.6 Å². The number of benzene rings is 2. The molecule has 2 aromatic carbocycles. The number of halogens is 2. The second kappa shape index (κ2) is 14.4. The van der Waals surface area contributed by atoms with Crippen molar-refractivity contribution >= 4 is 44.3 Å². The Hall–Kier alpha value is -1.66. The monoisotopic (exact) mass is 508 g/mol. The highest BCUT2D eigenvalue weighted by molar-refractivity contribution is 9.09. The Kier molecular flexibility index (Phi) is 11.6. The van der Waals surface area contributed by atoms with Crippen molar-refractivity contribution in [2.24, 2.45) is 10.2 Å². The Morgan fingerprint density at radius 2 is 1.00 bits per heavy atom. The zero-order chi connectivity index (χ0) is 19.9. The van der Waals surface area contributed by atoms with Crippen molar-refractivity contribution in [2.45, 2.75) is 25.7 Å². The van der Waals surface area contributed by atoms with Crippen LogP contribution in [0.3, 0.4) is 0 Å². The van der Waals surface area contributed by atoms with Gasteiger partial charge in [0.2, 0.25) is 0 Å². The third-order valence-corrected chi connectivity index (χ3v) is 4.96. The van der Waals surface area contributed by atoms with Gasteiger partial charge in [-0.3, -0.25) is 0 Å². The van der Waals surface area contributed by atoms with E-state index in [-0.39, 0.29) is 0 Å². The van der Waals surface area contributed by atoms with Crippen LogP contribution in [0.25, 0.3) is 0 Å².